The molecule has 0 saturated carbocycles. The van der Waals surface area contributed by atoms with E-state index in [1.807, 2.05) is 0 Å². The fraction of sp³-hybridized carbons (Fsp3) is 0.474. The maximum Gasteiger partial charge on any atom is 0.315 e. The van der Waals surface area contributed by atoms with E-state index < -0.39 is 17.7 Å². The molecule has 0 spiro atoms. The molecule has 0 aliphatic carbocycles. The predicted octanol–water partition coefficient (Wildman–Crippen LogP) is 1.40. The van der Waals surface area contributed by atoms with Crippen LogP contribution in [0.25, 0.3) is 0 Å². The number of likely N-dealkylation sites (tertiary alicyclic amines) is 1. The summed E-state index contributed by atoms with van der Waals surface area (Å²) in [6.07, 6.45) is 1.04. The van der Waals surface area contributed by atoms with Gasteiger partial charge in [-0.3, -0.25) is 14.4 Å². The highest BCUT2D eigenvalue weighted by atomic mass is 16.2. The van der Waals surface area contributed by atoms with Crippen molar-refractivity contribution >= 4 is 35.2 Å². The summed E-state index contributed by atoms with van der Waals surface area (Å²) in [5, 5.41) is 6.82. The molecule has 2 atom stereocenters. The van der Waals surface area contributed by atoms with E-state index in [1.54, 1.807) is 24.8 Å². The molecule has 28 heavy (non-hydrogen) atoms. The Morgan fingerprint density at radius 2 is 1.82 bits per heavy atom. The molecular formula is C19H24N6O3. The van der Waals surface area contributed by atoms with Gasteiger partial charge in [0, 0.05) is 19.2 Å². The molecule has 148 valence electrons. The molecule has 1 N–H and O–H groups in total. The molecule has 3 amide bonds. The lowest BCUT2D eigenvalue weighted by atomic mass is 9.92. The van der Waals surface area contributed by atoms with Gasteiger partial charge in [-0.25, -0.2) is 4.99 Å². The first kappa shape index (κ1) is 19.7. The van der Waals surface area contributed by atoms with E-state index >= 15 is 0 Å². The Morgan fingerprint density at radius 3 is 2.43 bits per heavy atom. The summed E-state index contributed by atoms with van der Waals surface area (Å²) in [6.45, 7) is 12.3. The van der Waals surface area contributed by atoms with Gasteiger partial charge in [0.1, 0.15) is 5.82 Å². The van der Waals surface area contributed by atoms with Gasteiger partial charge in [-0.1, -0.05) is 20.4 Å². The number of carbonyl (C=O) groups is 3. The fourth-order valence-electron chi connectivity index (χ4n) is 3.53. The first-order chi connectivity index (χ1) is 13.2. The van der Waals surface area contributed by atoms with Crippen LogP contribution in [0.2, 0.25) is 0 Å². The Kier molecular flexibility index (Phi) is 5.26. The lowest BCUT2D eigenvalue weighted by Gasteiger charge is -2.34. The molecule has 2 unspecified atom stereocenters. The van der Waals surface area contributed by atoms with Gasteiger partial charge >= 0.3 is 11.8 Å². The molecule has 1 fully saturated rings. The SMILES string of the molecule is C=C1C(=O)N=C(n2nc(C)cc2NC(=O)C(=O)N2CC(C)CC(C)C2)N=C1C. The number of nitrogens with one attached hydrogen (secondary N) is 1. The van der Waals surface area contributed by atoms with Gasteiger partial charge in [0.05, 0.1) is 17.0 Å². The number of nitrogens with zero attached hydrogens (tertiary/aromatic N) is 5. The number of hydrogen-bond acceptors (Lipinski definition) is 5. The quantitative estimate of drug-likeness (QED) is 0.583. The van der Waals surface area contributed by atoms with Crippen LogP contribution >= 0.6 is 0 Å². The number of aromatic nitrogens is 2. The van der Waals surface area contributed by atoms with Gasteiger partial charge in [0.25, 0.3) is 11.9 Å². The molecule has 2 aliphatic heterocycles. The molecule has 3 rings (SSSR count). The van der Waals surface area contributed by atoms with E-state index in [4.69, 9.17) is 0 Å². The Labute approximate surface area is 163 Å². The van der Waals surface area contributed by atoms with E-state index in [0.29, 0.717) is 36.3 Å². The topological polar surface area (TPSA) is 109 Å². The first-order valence-corrected chi connectivity index (χ1v) is 9.20. The number of aryl methyl sites for hydroxylation is 1. The molecular weight excluding hydrogens is 360 g/mol. The summed E-state index contributed by atoms with van der Waals surface area (Å²) in [6, 6.07) is 1.59. The second-order valence-electron chi connectivity index (χ2n) is 7.59. The second kappa shape index (κ2) is 7.49. The van der Waals surface area contributed by atoms with Gasteiger partial charge in [-0.15, -0.1) is 0 Å². The van der Waals surface area contributed by atoms with Crippen LogP contribution in [-0.2, 0) is 14.4 Å². The number of hydrogen-bond donors (Lipinski definition) is 1. The molecule has 1 aromatic heterocycles. The third-order valence-electron chi connectivity index (χ3n) is 4.78. The molecule has 3 heterocycles. The molecule has 1 saturated heterocycles. The van der Waals surface area contributed by atoms with Gasteiger partial charge in [0.15, 0.2) is 0 Å². The zero-order chi connectivity index (χ0) is 20.6. The van der Waals surface area contributed by atoms with Crippen molar-refractivity contribution in [3.05, 3.63) is 23.9 Å². The normalized spacial score (nSPS) is 22.6. The third kappa shape index (κ3) is 3.92. The van der Waals surface area contributed by atoms with Crippen LogP contribution in [-0.4, -0.2) is 57.2 Å². The van der Waals surface area contributed by atoms with Crippen molar-refractivity contribution in [1.82, 2.24) is 14.7 Å². The lowest BCUT2D eigenvalue weighted by molar-refractivity contribution is -0.145. The number of piperidine rings is 1. The van der Waals surface area contributed by atoms with Gasteiger partial charge < -0.3 is 10.2 Å². The fourth-order valence-corrected chi connectivity index (χ4v) is 3.53. The van der Waals surface area contributed by atoms with Crippen LogP contribution in [0.3, 0.4) is 0 Å². The van der Waals surface area contributed by atoms with Crippen LogP contribution in [0.15, 0.2) is 28.2 Å². The molecule has 2 aliphatic rings. The zero-order valence-corrected chi connectivity index (χ0v) is 16.5. The Morgan fingerprint density at radius 1 is 1.18 bits per heavy atom. The average molecular weight is 384 g/mol. The molecule has 0 bridgehead atoms. The van der Waals surface area contributed by atoms with Crippen LogP contribution in [0.5, 0.6) is 0 Å². The largest absolute Gasteiger partial charge is 0.334 e. The standard InChI is InChI=1S/C19H24N6O3/c1-10-6-11(2)9-24(8-10)18(28)17(27)21-15-7-12(3)23-25(15)19-20-14(5)13(4)16(26)22-19/h7,10-11H,4,6,8-9H2,1-3,5H3,(H,21,27). The minimum atomic E-state index is -0.754. The van der Waals surface area contributed by atoms with E-state index in [1.165, 1.54) is 4.68 Å². The van der Waals surface area contributed by atoms with Crippen molar-refractivity contribution < 1.29 is 14.4 Å². The second-order valence-corrected chi connectivity index (χ2v) is 7.59. The highest BCUT2D eigenvalue weighted by Crippen LogP contribution is 2.21. The Hall–Kier alpha value is -3.10. The first-order valence-electron chi connectivity index (χ1n) is 9.20. The van der Waals surface area contributed by atoms with E-state index in [-0.39, 0.29) is 17.4 Å². The van der Waals surface area contributed by atoms with Crippen LogP contribution < -0.4 is 5.32 Å². The summed E-state index contributed by atoms with van der Waals surface area (Å²) < 4.78 is 1.25. The van der Waals surface area contributed by atoms with E-state index in [2.05, 4.69) is 40.8 Å². The van der Waals surface area contributed by atoms with Crippen molar-refractivity contribution in [3.63, 3.8) is 0 Å². The Bertz CT molecular complexity index is 916. The molecule has 9 nitrogen and oxygen atoms in total. The third-order valence-corrected chi connectivity index (χ3v) is 4.78. The number of aliphatic imine (C=N–C) groups is 2. The average Bonchev–Trinajstić information content (AvgIpc) is 2.97. The summed E-state index contributed by atoms with van der Waals surface area (Å²) in [7, 11) is 0. The Balaban J connectivity index is 1.81. The molecule has 9 heteroatoms. The summed E-state index contributed by atoms with van der Waals surface area (Å²) in [5.41, 5.74) is 1.21. The minimum absolute atomic E-state index is 0.0194. The molecule has 1 aromatic rings. The van der Waals surface area contributed by atoms with Crippen LogP contribution in [0.1, 0.15) is 32.9 Å². The lowest BCUT2D eigenvalue weighted by Crippen LogP contribution is -2.47. The van der Waals surface area contributed by atoms with Crippen molar-refractivity contribution in [2.75, 3.05) is 18.4 Å². The van der Waals surface area contributed by atoms with Gasteiger partial charge in [0.2, 0.25) is 0 Å². The van der Waals surface area contributed by atoms with Crippen molar-refractivity contribution in [3.8, 4) is 0 Å². The summed E-state index contributed by atoms with van der Waals surface area (Å²) in [5.74, 6) is -0.910. The predicted molar refractivity (Wildman–Crippen MR) is 105 cm³/mol. The maximum absolute atomic E-state index is 12.6. The number of anilines is 1. The van der Waals surface area contributed by atoms with Gasteiger partial charge in [-0.2, -0.15) is 14.8 Å². The van der Waals surface area contributed by atoms with Crippen LogP contribution in [0, 0.1) is 18.8 Å². The van der Waals surface area contributed by atoms with Gasteiger partial charge in [-0.05, 0) is 32.1 Å². The maximum atomic E-state index is 12.6. The number of amides is 3. The van der Waals surface area contributed by atoms with Crippen LogP contribution in [0.4, 0.5) is 5.82 Å². The highest BCUT2D eigenvalue weighted by molar-refractivity contribution is 6.39. The van der Waals surface area contributed by atoms with E-state index in [0.717, 1.165) is 6.42 Å². The number of carbonyl (C=O) groups excluding carboxylic acids is 3. The monoisotopic (exact) mass is 384 g/mol. The zero-order valence-electron chi connectivity index (χ0n) is 16.5. The summed E-state index contributed by atoms with van der Waals surface area (Å²) >= 11 is 0. The summed E-state index contributed by atoms with van der Waals surface area (Å²) in [4.78, 5) is 46.8. The minimum Gasteiger partial charge on any atom is -0.334 e. The molecule has 0 aromatic carbocycles. The number of rotatable bonds is 1. The van der Waals surface area contributed by atoms with Crippen molar-refractivity contribution in [1.29, 1.82) is 0 Å². The van der Waals surface area contributed by atoms with Crippen molar-refractivity contribution in [2.24, 2.45) is 21.8 Å². The van der Waals surface area contributed by atoms with E-state index in [9.17, 15) is 14.4 Å². The smallest absolute Gasteiger partial charge is 0.315 e. The van der Waals surface area contributed by atoms with Crippen molar-refractivity contribution in [2.45, 2.75) is 34.1 Å². The molecule has 0 radical (unpaired) electrons. The highest BCUT2D eigenvalue weighted by Gasteiger charge is 2.30.